The Labute approximate surface area is 97.4 Å². The number of hydrogen-bond donors (Lipinski definition) is 0. The number of carbonyl (C=O) groups is 1. The van der Waals surface area contributed by atoms with Crippen molar-refractivity contribution >= 4 is 5.91 Å². The largest absolute Gasteiger partial charge is 0.341 e. The molecule has 0 spiro atoms. The summed E-state index contributed by atoms with van der Waals surface area (Å²) in [7, 11) is 0. The molecule has 88 valence electrons. The molecule has 0 radical (unpaired) electrons. The van der Waals surface area contributed by atoms with Gasteiger partial charge < -0.3 is 4.90 Å². The molecule has 1 aliphatic heterocycles. The highest BCUT2D eigenvalue weighted by molar-refractivity contribution is 5.88. The fourth-order valence-electron chi connectivity index (χ4n) is 2.54. The Morgan fingerprint density at radius 1 is 1.50 bits per heavy atom. The van der Waals surface area contributed by atoms with Crippen molar-refractivity contribution < 1.29 is 4.79 Å². The van der Waals surface area contributed by atoms with Gasteiger partial charge in [0.1, 0.15) is 5.41 Å². The van der Waals surface area contributed by atoms with Crippen LogP contribution in [0.1, 0.15) is 39.5 Å². The van der Waals surface area contributed by atoms with Crippen LogP contribution in [0.15, 0.2) is 0 Å². The molecule has 0 aromatic rings. The lowest BCUT2D eigenvalue weighted by Crippen LogP contribution is -2.44. The van der Waals surface area contributed by atoms with Crippen molar-refractivity contribution in [3.05, 3.63) is 0 Å². The van der Waals surface area contributed by atoms with Crippen molar-refractivity contribution in [2.75, 3.05) is 13.1 Å². The van der Waals surface area contributed by atoms with Crippen LogP contribution in [0, 0.1) is 28.6 Å². The van der Waals surface area contributed by atoms with Crippen molar-refractivity contribution in [2.24, 2.45) is 17.3 Å². The molecule has 1 saturated carbocycles. The normalized spacial score (nSPS) is 27.6. The quantitative estimate of drug-likeness (QED) is 0.716. The maximum atomic E-state index is 12.2. The van der Waals surface area contributed by atoms with E-state index >= 15 is 0 Å². The molecule has 3 nitrogen and oxygen atoms in total. The van der Waals surface area contributed by atoms with Gasteiger partial charge in [-0.2, -0.15) is 5.26 Å². The van der Waals surface area contributed by atoms with E-state index < -0.39 is 5.41 Å². The molecule has 0 aromatic carbocycles. The minimum absolute atomic E-state index is 0.0975. The van der Waals surface area contributed by atoms with E-state index in [2.05, 4.69) is 19.9 Å². The minimum Gasteiger partial charge on any atom is -0.341 e. The molecular formula is C13H20N2O. The van der Waals surface area contributed by atoms with Gasteiger partial charge in [-0.3, -0.25) is 4.79 Å². The first kappa shape index (κ1) is 11.4. The van der Waals surface area contributed by atoms with E-state index in [1.165, 1.54) is 6.42 Å². The van der Waals surface area contributed by atoms with Gasteiger partial charge in [-0.15, -0.1) is 0 Å². The summed E-state index contributed by atoms with van der Waals surface area (Å²) in [5, 5.41) is 9.04. The molecule has 1 saturated heterocycles. The third kappa shape index (κ3) is 1.93. The fraction of sp³-hybridized carbons (Fsp3) is 0.846. The zero-order valence-corrected chi connectivity index (χ0v) is 10.2. The van der Waals surface area contributed by atoms with E-state index in [0.717, 1.165) is 32.4 Å². The molecule has 2 aliphatic rings. The highest BCUT2D eigenvalue weighted by atomic mass is 16.2. The monoisotopic (exact) mass is 220 g/mol. The van der Waals surface area contributed by atoms with Crippen LogP contribution in [0.25, 0.3) is 0 Å². The molecule has 1 atom stereocenters. The molecule has 16 heavy (non-hydrogen) atoms. The van der Waals surface area contributed by atoms with Gasteiger partial charge in [0.25, 0.3) is 0 Å². The molecule has 3 heteroatoms. The van der Waals surface area contributed by atoms with E-state index in [9.17, 15) is 4.79 Å². The number of rotatable bonds is 2. The second-order valence-corrected chi connectivity index (χ2v) is 5.59. The maximum absolute atomic E-state index is 12.2. The maximum Gasteiger partial charge on any atom is 0.243 e. The van der Waals surface area contributed by atoms with E-state index in [0.29, 0.717) is 11.8 Å². The molecule has 1 amide bonds. The number of hydrogen-bond acceptors (Lipinski definition) is 2. The molecule has 0 aromatic heterocycles. The van der Waals surface area contributed by atoms with Gasteiger partial charge in [-0.05, 0) is 37.5 Å². The summed E-state index contributed by atoms with van der Waals surface area (Å²) in [6, 6.07) is 2.20. The Bertz CT molecular complexity index is 325. The number of amides is 1. The second-order valence-electron chi connectivity index (χ2n) is 5.59. The molecule has 0 bridgehead atoms. The standard InChI is InChI=1S/C13H20N2O/c1-10(2)11-4-3-7-15(8-11)12(16)13(9-14)5-6-13/h10-11H,3-8H2,1-2H3/t11-/m1/s1. The van der Waals surface area contributed by atoms with Crippen LogP contribution >= 0.6 is 0 Å². The predicted molar refractivity (Wildman–Crippen MR) is 61.4 cm³/mol. The Balaban J connectivity index is 2.00. The average molecular weight is 220 g/mol. The smallest absolute Gasteiger partial charge is 0.243 e. The van der Waals surface area contributed by atoms with Crippen LogP contribution in [0.3, 0.4) is 0 Å². The molecule has 2 fully saturated rings. The van der Waals surface area contributed by atoms with Crippen LogP contribution in [-0.2, 0) is 4.79 Å². The van der Waals surface area contributed by atoms with Gasteiger partial charge in [0.2, 0.25) is 5.91 Å². The molecule has 0 unspecified atom stereocenters. The summed E-state index contributed by atoms with van der Waals surface area (Å²) in [6.45, 7) is 6.15. The Morgan fingerprint density at radius 2 is 2.19 bits per heavy atom. The van der Waals surface area contributed by atoms with Gasteiger partial charge in [-0.25, -0.2) is 0 Å². The first-order valence-electron chi connectivity index (χ1n) is 6.30. The van der Waals surface area contributed by atoms with Crippen molar-refractivity contribution in [3.8, 4) is 6.07 Å². The summed E-state index contributed by atoms with van der Waals surface area (Å²) in [5.74, 6) is 1.35. The minimum atomic E-state index is -0.626. The summed E-state index contributed by atoms with van der Waals surface area (Å²) < 4.78 is 0. The SMILES string of the molecule is CC(C)[C@@H]1CCCN(C(=O)C2(C#N)CC2)C1. The molecule has 0 N–H and O–H groups in total. The number of nitrogens with zero attached hydrogens (tertiary/aromatic N) is 2. The first-order valence-corrected chi connectivity index (χ1v) is 6.30. The zero-order chi connectivity index (χ0) is 11.8. The Hall–Kier alpha value is -1.04. The van der Waals surface area contributed by atoms with Crippen LogP contribution in [0.2, 0.25) is 0 Å². The number of carbonyl (C=O) groups excluding carboxylic acids is 1. The zero-order valence-electron chi connectivity index (χ0n) is 10.2. The van der Waals surface area contributed by atoms with Crippen molar-refractivity contribution in [3.63, 3.8) is 0 Å². The lowest BCUT2D eigenvalue weighted by molar-refractivity contribution is -0.137. The van der Waals surface area contributed by atoms with Gasteiger partial charge in [0.15, 0.2) is 0 Å². The highest BCUT2D eigenvalue weighted by Crippen LogP contribution is 2.47. The van der Waals surface area contributed by atoms with E-state index in [1.807, 2.05) is 4.90 Å². The lowest BCUT2D eigenvalue weighted by Gasteiger charge is -2.35. The second kappa shape index (κ2) is 4.08. The van der Waals surface area contributed by atoms with Crippen LogP contribution < -0.4 is 0 Å². The Kier molecular flexibility index (Phi) is 2.92. The van der Waals surface area contributed by atoms with E-state index in [-0.39, 0.29) is 5.91 Å². The van der Waals surface area contributed by atoms with E-state index in [4.69, 9.17) is 5.26 Å². The molecule has 2 rings (SSSR count). The van der Waals surface area contributed by atoms with Crippen molar-refractivity contribution in [1.29, 1.82) is 5.26 Å². The van der Waals surface area contributed by atoms with Gasteiger partial charge in [0, 0.05) is 13.1 Å². The van der Waals surface area contributed by atoms with E-state index in [1.54, 1.807) is 0 Å². The predicted octanol–water partition coefficient (Wildman–Crippen LogP) is 2.18. The number of nitriles is 1. The third-order valence-electron chi connectivity index (χ3n) is 4.06. The topological polar surface area (TPSA) is 44.1 Å². The molecule has 1 aliphatic carbocycles. The first-order chi connectivity index (χ1) is 7.59. The van der Waals surface area contributed by atoms with Crippen LogP contribution in [-0.4, -0.2) is 23.9 Å². The summed E-state index contributed by atoms with van der Waals surface area (Å²) >= 11 is 0. The summed E-state index contributed by atoms with van der Waals surface area (Å²) in [4.78, 5) is 14.1. The molecule has 1 heterocycles. The summed E-state index contributed by atoms with van der Waals surface area (Å²) in [5.41, 5.74) is -0.626. The average Bonchev–Trinajstić information content (AvgIpc) is 3.09. The van der Waals surface area contributed by atoms with Gasteiger partial charge in [-0.1, -0.05) is 13.8 Å². The van der Waals surface area contributed by atoms with Crippen LogP contribution in [0.5, 0.6) is 0 Å². The summed E-state index contributed by atoms with van der Waals surface area (Å²) in [6.07, 6.45) is 3.85. The fourth-order valence-corrected chi connectivity index (χ4v) is 2.54. The third-order valence-corrected chi connectivity index (χ3v) is 4.06. The lowest BCUT2D eigenvalue weighted by atomic mass is 9.87. The van der Waals surface area contributed by atoms with Gasteiger partial charge >= 0.3 is 0 Å². The van der Waals surface area contributed by atoms with Crippen LogP contribution in [0.4, 0.5) is 0 Å². The molecular weight excluding hydrogens is 200 g/mol. The highest BCUT2D eigenvalue weighted by Gasteiger charge is 2.52. The van der Waals surface area contributed by atoms with Crippen molar-refractivity contribution in [2.45, 2.75) is 39.5 Å². The van der Waals surface area contributed by atoms with Gasteiger partial charge in [0.05, 0.1) is 6.07 Å². The van der Waals surface area contributed by atoms with Crippen molar-refractivity contribution in [1.82, 2.24) is 4.90 Å². The number of piperidine rings is 1. The number of likely N-dealkylation sites (tertiary alicyclic amines) is 1. The Morgan fingerprint density at radius 3 is 2.69 bits per heavy atom.